The largest absolute Gasteiger partial charge is 0.255 e. The van der Waals surface area contributed by atoms with E-state index in [-0.39, 0.29) is 5.41 Å². The van der Waals surface area contributed by atoms with E-state index in [0.29, 0.717) is 0 Å². The van der Waals surface area contributed by atoms with Crippen LogP contribution in [0, 0.1) is 6.57 Å². The Hall–Kier alpha value is -2.05. The van der Waals surface area contributed by atoms with E-state index < -0.39 is 0 Å². The molecule has 2 heterocycles. The van der Waals surface area contributed by atoms with Crippen molar-refractivity contribution < 1.29 is 0 Å². The highest BCUT2D eigenvalue weighted by Gasteiger charge is 2.32. The van der Waals surface area contributed by atoms with E-state index in [0.717, 1.165) is 33.1 Å². The highest BCUT2D eigenvalue weighted by Crippen LogP contribution is 2.48. The van der Waals surface area contributed by atoms with Crippen LogP contribution in [0.5, 0.6) is 0 Å². The minimum atomic E-state index is 0.158. The molecule has 2 aromatic carbocycles. The molecular weight excluding hydrogens is 276 g/mol. The van der Waals surface area contributed by atoms with Gasteiger partial charge in [-0.3, -0.25) is 4.98 Å². The Labute approximate surface area is 128 Å². The minimum Gasteiger partial charge on any atom is -0.255 e. The Morgan fingerprint density at radius 2 is 1.95 bits per heavy atom. The molecule has 0 N–H and O–H groups in total. The molecule has 3 heteroatoms. The van der Waals surface area contributed by atoms with Crippen molar-refractivity contribution >= 4 is 39.1 Å². The third kappa shape index (κ3) is 1.69. The Balaban J connectivity index is 2.21. The summed E-state index contributed by atoms with van der Waals surface area (Å²) < 4.78 is 0. The van der Waals surface area contributed by atoms with E-state index in [2.05, 4.69) is 24.8 Å². The monoisotopic (exact) mass is 290 g/mol. The molecule has 1 aliphatic rings. The van der Waals surface area contributed by atoms with Gasteiger partial charge in [0.15, 0.2) is 5.69 Å². The first-order valence-corrected chi connectivity index (χ1v) is 7.95. The lowest BCUT2D eigenvalue weighted by Gasteiger charge is -2.17. The number of thioether (sulfide) groups is 1. The lowest BCUT2D eigenvalue weighted by atomic mass is 9.87. The number of benzene rings is 2. The van der Waals surface area contributed by atoms with E-state index in [1.807, 2.05) is 42.2 Å². The van der Waals surface area contributed by atoms with Gasteiger partial charge in [-0.05, 0) is 22.4 Å². The molecule has 0 radical (unpaired) electrons. The predicted molar refractivity (Wildman–Crippen MR) is 89.3 cm³/mol. The zero-order valence-corrected chi connectivity index (χ0v) is 12.8. The average molecular weight is 290 g/mol. The number of hydrogen-bond donors (Lipinski definition) is 0. The molecule has 1 aromatic heterocycles. The van der Waals surface area contributed by atoms with Gasteiger partial charge in [-0.15, -0.1) is 11.8 Å². The molecule has 0 amide bonds. The van der Waals surface area contributed by atoms with Gasteiger partial charge >= 0.3 is 0 Å². The number of rotatable bonds is 0. The van der Waals surface area contributed by atoms with Crippen molar-refractivity contribution in [1.82, 2.24) is 4.98 Å². The van der Waals surface area contributed by atoms with Crippen molar-refractivity contribution in [2.75, 3.05) is 5.75 Å². The van der Waals surface area contributed by atoms with Crippen LogP contribution in [0.25, 0.3) is 26.5 Å². The molecule has 3 aromatic rings. The standard InChI is InChI=1S/C18H14N2S/c1-18(2)10-21-17-13-8-15(19-3)11-6-4-5-7-12(11)16(13)20-9-14(17)18/h4-9H,10H2,1-2H3. The van der Waals surface area contributed by atoms with Crippen LogP contribution in [0.15, 0.2) is 41.4 Å². The number of fused-ring (bicyclic) bond motifs is 5. The Bertz CT molecular complexity index is 935. The number of pyridine rings is 1. The van der Waals surface area contributed by atoms with Crippen molar-refractivity contribution in [3.63, 3.8) is 0 Å². The van der Waals surface area contributed by atoms with Gasteiger partial charge in [0.25, 0.3) is 0 Å². The summed E-state index contributed by atoms with van der Waals surface area (Å²) in [5, 5.41) is 3.21. The van der Waals surface area contributed by atoms with Crippen molar-refractivity contribution in [3.8, 4) is 0 Å². The predicted octanol–water partition coefficient (Wildman–Crippen LogP) is 5.32. The molecule has 0 unspecified atom stereocenters. The highest BCUT2D eigenvalue weighted by molar-refractivity contribution is 8.00. The molecule has 4 rings (SSSR count). The molecule has 1 aliphatic heterocycles. The van der Waals surface area contributed by atoms with Gasteiger partial charge in [0.1, 0.15) is 0 Å². The summed E-state index contributed by atoms with van der Waals surface area (Å²) in [4.78, 5) is 9.77. The molecule has 0 saturated heterocycles. The average Bonchev–Trinajstić information content (AvgIpc) is 2.82. The van der Waals surface area contributed by atoms with Crippen molar-refractivity contribution in [2.45, 2.75) is 24.2 Å². The highest BCUT2D eigenvalue weighted by atomic mass is 32.2. The minimum absolute atomic E-state index is 0.158. The molecular formula is C18H14N2S. The van der Waals surface area contributed by atoms with Crippen LogP contribution in [-0.2, 0) is 5.41 Å². The maximum absolute atomic E-state index is 7.47. The smallest absolute Gasteiger partial charge is 0.195 e. The summed E-state index contributed by atoms with van der Waals surface area (Å²) in [6.45, 7) is 12.0. The zero-order chi connectivity index (χ0) is 14.6. The lowest BCUT2D eigenvalue weighted by molar-refractivity contribution is 0.603. The first-order valence-electron chi connectivity index (χ1n) is 6.97. The quantitative estimate of drug-likeness (QED) is 0.411. The van der Waals surface area contributed by atoms with Crippen LogP contribution in [0.4, 0.5) is 5.69 Å². The molecule has 0 spiro atoms. The molecule has 0 fully saturated rings. The fraction of sp³-hybridized carbons (Fsp3) is 0.222. The van der Waals surface area contributed by atoms with Gasteiger partial charge in [0.05, 0.1) is 12.1 Å². The van der Waals surface area contributed by atoms with Gasteiger partial charge in [-0.2, -0.15) is 0 Å². The molecule has 0 atom stereocenters. The first-order chi connectivity index (χ1) is 10.1. The maximum Gasteiger partial charge on any atom is 0.195 e. The molecule has 2 nitrogen and oxygen atoms in total. The molecule has 0 aliphatic carbocycles. The third-order valence-corrected chi connectivity index (χ3v) is 5.83. The van der Waals surface area contributed by atoms with E-state index >= 15 is 0 Å². The van der Waals surface area contributed by atoms with Gasteiger partial charge < -0.3 is 0 Å². The van der Waals surface area contributed by atoms with Crippen LogP contribution in [0.2, 0.25) is 0 Å². The van der Waals surface area contributed by atoms with Crippen LogP contribution in [-0.4, -0.2) is 10.7 Å². The van der Waals surface area contributed by atoms with Gasteiger partial charge in [-0.1, -0.05) is 38.1 Å². The summed E-state index contributed by atoms with van der Waals surface area (Å²) in [6, 6.07) is 10.1. The van der Waals surface area contributed by atoms with Crippen molar-refractivity contribution in [3.05, 3.63) is 53.5 Å². The van der Waals surface area contributed by atoms with E-state index in [9.17, 15) is 0 Å². The first kappa shape index (κ1) is 12.7. The lowest BCUT2D eigenvalue weighted by Crippen LogP contribution is -2.15. The maximum atomic E-state index is 7.47. The van der Waals surface area contributed by atoms with E-state index in [4.69, 9.17) is 11.6 Å². The summed E-state index contributed by atoms with van der Waals surface area (Å²) in [5.74, 6) is 1.07. The van der Waals surface area contributed by atoms with Gasteiger partial charge in [0.2, 0.25) is 0 Å². The van der Waals surface area contributed by atoms with Crippen molar-refractivity contribution in [1.29, 1.82) is 0 Å². The topological polar surface area (TPSA) is 17.2 Å². The second-order valence-corrected chi connectivity index (χ2v) is 7.11. The number of aromatic nitrogens is 1. The van der Waals surface area contributed by atoms with E-state index in [1.165, 1.54) is 10.5 Å². The summed E-state index contributed by atoms with van der Waals surface area (Å²) in [7, 11) is 0. The SMILES string of the molecule is [C-]#[N+]c1cc2c3c(cnc2c2ccccc12)C(C)(C)CS3. The summed E-state index contributed by atoms with van der Waals surface area (Å²) in [5.41, 5.74) is 3.21. The summed E-state index contributed by atoms with van der Waals surface area (Å²) in [6.07, 6.45) is 2.03. The second kappa shape index (κ2) is 4.22. The summed E-state index contributed by atoms with van der Waals surface area (Å²) >= 11 is 1.89. The van der Waals surface area contributed by atoms with Crippen LogP contribution < -0.4 is 0 Å². The number of nitrogens with zero attached hydrogens (tertiary/aromatic N) is 2. The third-order valence-electron chi connectivity index (χ3n) is 4.23. The molecule has 102 valence electrons. The van der Waals surface area contributed by atoms with Crippen LogP contribution in [0.3, 0.4) is 0 Å². The fourth-order valence-corrected chi connectivity index (χ4v) is 4.50. The second-order valence-electron chi connectivity index (χ2n) is 6.12. The van der Waals surface area contributed by atoms with Gasteiger partial charge in [-0.25, -0.2) is 4.85 Å². The Kier molecular flexibility index (Phi) is 2.55. The zero-order valence-electron chi connectivity index (χ0n) is 12.0. The van der Waals surface area contributed by atoms with Gasteiger partial charge in [0, 0.05) is 27.6 Å². The van der Waals surface area contributed by atoms with Crippen molar-refractivity contribution in [2.24, 2.45) is 0 Å². The Morgan fingerprint density at radius 3 is 2.71 bits per heavy atom. The van der Waals surface area contributed by atoms with E-state index in [1.54, 1.807) is 0 Å². The normalized spacial score (nSPS) is 16.0. The fourth-order valence-electron chi connectivity index (χ4n) is 3.05. The molecule has 0 bridgehead atoms. The van der Waals surface area contributed by atoms with Crippen LogP contribution in [0.1, 0.15) is 19.4 Å². The molecule has 0 saturated carbocycles. The number of hydrogen-bond acceptors (Lipinski definition) is 2. The molecule has 21 heavy (non-hydrogen) atoms. The Morgan fingerprint density at radius 1 is 1.19 bits per heavy atom. The van der Waals surface area contributed by atoms with Crippen LogP contribution >= 0.6 is 11.8 Å².